The van der Waals surface area contributed by atoms with Crippen LogP contribution in [0.2, 0.25) is 0 Å². The summed E-state index contributed by atoms with van der Waals surface area (Å²) in [5.41, 5.74) is -0.561. The smallest absolute Gasteiger partial charge is 0.358 e. The standard InChI is InChI=1S/C21H30N4O4/c1-3-29-19(27)16-12-17-18(26)25(15-10-11-15)21(2,13-24(17)23-16)20(28)22-14-8-6-4-5-7-9-14/h12,14-15H,3-11,13H2,1-2H3,(H,22,28). The maximum Gasteiger partial charge on any atom is 0.358 e. The van der Waals surface area contributed by atoms with Crippen LogP contribution in [0.3, 0.4) is 0 Å². The first-order valence-electron chi connectivity index (χ1n) is 10.8. The van der Waals surface area contributed by atoms with Gasteiger partial charge in [-0.25, -0.2) is 4.79 Å². The van der Waals surface area contributed by atoms with Crippen molar-refractivity contribution in [2.45, 2.75) is 89.4 Å². The highest BCUT2D eigenvalue weighted by Crippen LogP contribution is 2.38. The minimum Gasteiger partial charge on any atom is -0.461 e. The third kappa shape index (κ3) is 3.76. The molecule has 1 N–H and O–H groups in total. The molecule has 8 heteroatoms. The normalized spacial score (nSPS) is 25.3. The first-order chi connectivity index (χ1) is 13.9. The van der Waals surface area contributed by atoms with Gasteiger partial charge >= 0.3 is 5.97 Å². The summed E-state index contributed by atoms with van der Waals surface area (Å²) in [6.07, 6.45) is 8.44. The number of aromatic nitrogens is 2. The van der Waals surface area contributed by atoms with Crippen molar-refractivity contribution in [3.05, 3.63) is 17.5 Å². The molecule has 2 fully saturated rings. The third-order valence-electron chi connectivity index (χ3n) is 6.28. The molecule has 0 radical (unpaired) electrons. The average Bonchev–Trinajstić information content (AvgIpc) is 3.46. The van der Waals surface area contributed by atoms with Gasteiger partial charge in [-0.15, -0.1) is 0 Å². The molecule has 2 saturated carbocycles. The van der Waals surface area contributed by atoms with E-state index in [4.69, 9.17) is 4.74 Å². The van der Waals surface area contributed by atoms with Crippen LogP contribution in [0.1, 0.15) is 86.2 Å². The van der Waals surface area contributed by atoms with Gasteiger partial charge in [-0.1, -0.05) is 25.7 Å². The predicted molar refractivity (Wildman–Crippen MR) is 105 cm³/mol. The SMILES string of the molecule is CCOC(=O)c1cc2n(n1)CC(C)(C(=O)NC1CCCCCC1)N(C1CC1)C2=O. The minimum atomic E-state index is -1.02. The van der Waals surface area contributed by atoms with E-state index in [9.17, 15) is 14.4 Å². The maximum atomic E-state index is 13.4. The van der Waals surface area contributed by atoms with Crippen LogP contribution in [0, 0.1) is 0 Å². The van der Waals surface area contributed by atoms with E-state index in [1.54, 1.807) is 11.8 Å². The molecule has 4 rings (SSSR count). The van der Waals surface area contributed by atoms with Gasteiger partial charge in [0, 0.05) is 18.2 Å². The molecule has 1 aromatic rings. The summed E-state index contributed by atoms with van der Waals surface area (Å²) in [6, 6.07) is 1.72. The number of carbonyl (C=O) groups excluding carboxylic acids is 3. The number of carbonyl (C=O) groups is 3. The number of hydrogen-bond acceptors (Lipinski definition) is 5. The zero-order valence-electron chi connectivity index (χ0n) is 17.3. The highest BCUT2D eigenvalue weighted by atomic mass is 16.5. The van der Waals surface area contributed by atoms with Crippen LogP contribution in [0.25, 0.3) is 0 Å². The van der Waals surface area contributed by atoms with E-state index in [-0.39, 0.29) is 42.7 Å². The van der Waals surface area contributed by atoms with Crippen LogP contribution >= 0.6 is 0 Å². The molecule has 3 aliphatic rings. The fraction of sp³-hybridized carbons (Fsp3) is 0.714. The molecule has 0 saturated heterocycles. The van der Waals surface area contributed by atoms with Crippen molar-refractivity contribution in [3.8, 4) is 0 Å². The van der Waals surface area contributed by atoms with Crippen molar-refractivity contribution in [2.75, 3.05) is 6.61 Å². The quantitative estimate of drug-likeness (QED) is 0.602. The van der Waals surface area contributed by atoms with Gasteiger partial charge in [0.2, 0.25) is 5.91 Å². The second-order valence-electron chi connectivity index (χ2n) is 8.64. The van der Waals surface area contributed by atoms with Crippen molar-refractivity contribution in [3.63, 3.8) is 0 Å². The zero-order valence-corrected chi connectivity index (χ0v) is 17.3. The third-order valence-corrected chi connectivity index (χ3v) is 6.28. The molecule has 0 bridgehead atoms. The second kappa shape index (κ2) is 7.80. The summed E-state index contributed by atoms with van der Waals surface area (Å²) in [6.45, 7) is 4.03. The van der Waals surface area contributed by atoms with Crippen molar-refractivity contribution in [1.29, 1.82) is 0 Å². The Balaban J connectivity index is 1.61. The molecule has 2 heterocycles. The maximum absolute atomic E-state index is 13.4. The van der Waals surface area contributed by atoms with Gasteiger partial charge in [-0.2, -0.15) is 5.10 Å². The number of fused-ring (bicyclic) bond motifs is 1. The van der Waals surface area contributed by atoms with E-state index < -0.39 is 11.5 Å². The molecular weight excluding hydrogens is 372 g/mol. The largest absolute Gasteiger partial charge is 0.461 e. The summed E-state index contributed by atoms with van der Waals surface area (Å²) >= 11 is 0. The number of esters is 1. The molecular formula is C21H30N4O4. The van der Waals surface area contributed by atoms with Crippen LogP contribution in [0.15, 0.2) is 6.07 Å². The molecule has 1 unspecified atom stereocenters. The summed E-state index contributed by atoms with van der Waals surface area (Å²) in [5, 5.41) is 7.51. The topological polar surface area (TPSA) is 93.5 Å². The van der Waals surface area contributed by atoms with Gasteiger partial charge in [-0.05, 0) is 39.5 Å². The van der Waals surface area contributed by atoms with Crippen LogP contribution in [0.5, 0.6) is 0 Å². The molecule has 0 aromatic carbocycles. The van der Waals surface area contributed by atoms with E-state index in [0.717, 1.165) is 38.5 Å². The lowest BCUT2D eigenvalue weighted by Gasteiger charge is -2.44. The first kappa shape index (κ1) is 19.9. The molecule has 2 aliphatic carbocycles. The van der Waals surface area contributed by atoms with E-state index in [1.165, 1.54) is 23.6 Å². The van der Waals surface area contributed by atoms with E-state index >= 15 is 0 Å². The Morgan fingerprint density at radius 1 is 1.21 bits per heavy atom. The average molecular weight is 402 g/mol. The van der Waals surface area contributed by atoms with Crippen molar-refractivity contribution < 1.29 is 19.1 Å². The Labute approximate surface area is 170 Å². The fourth-order valence-corrected chi connectivity index (χ4v) is 4.58. The molecule has 1 aliphatic heterocycles. The molecule has 2 amide bonds. The lowest BCUT2D eigenvalue weighted by molar-refractivity contribution is -0.134. The zero-order chi connectivity index (χ0) is 20.6. The van der Waals surface area contributed by atoms with Crippen LogP contribution in [0.4, 0.5) is 0 Å². The van der Waals surface area contributed by atoms with Gasteiger partial charge in [0.05, 0.1) is 13.2 Å². The number of rotatable bonds is 5. The Kier molecular flexibility index (Phi) is 5.36. The Bertz CT molecular complexity index is 808. The van der Waals surface area contributed by atoms with Gasteiger partial charge in [-0.3, -0.25) is 14.3 Å². The van der Waals surface area contributed by atoms with Gasteiger partial charge in [0.25, 0.3) is 5.91 Å². The first-order valence-corrected chi connectivity index (χ1v) is 10.8. The molecule has 8 nitrogen and oxygen atoms in total. The van der Waals surface area contributed by atoms with Crippen molar-refractivity contribution in [1.82, 2.24) is 20.0 Å². The summed E-state index contributed by atoms with van der Waals surface area (Å²) < 4.78 is 6.52. The molecule has 158 valence electrons. The highest BCUT2D eigenvalue weighted by molar-refractivity contribution is 6.01. The molecule has 29 heavy (non-hydrogen) atoms. The van der Waals surface area contributed by atoms with Crippen LogP contribution in [-0.2, 0) is 16.1 Å². The van der Waals surface area contributed by atoms with Crippen LogP contribution < -0.4 is 5.32 Å². The predicted octanol–water partition coefficient (Wildman–Crippen LogP) is 2.28. The number of ether oxygens (including phenoxy) is 1. The van der Waals surface area contributed by atoms with E-state index in [0.29, 0.717) is 5.69 Å². The lowest BCUT2D eigenvalue weighted by Crippen LogP contribution is -2.65. The highest BCUT2D eigenvalue weighted by Gasteiger charge is 2.53. The Morgan fingerprint density at radius 3 is 2.52 bits per heavy atom. The number of hydrogen-bond donors (Lipinski definition) is 1. The van der Waals surface area contributed by atoms with E-state index in [1.807, 2.05) is 6.92 Å². The van der Waals surface area contributed by atoms with Gasteiger partial charge < -0.3 is 15.0 Å². The molecule has 1 aromatic heterocycles. The number of amides is 2. The summed E-state index contributed by atoms with van der Waals surface area (Å²) in [4.78, 5) is 40.5. The summed E-state index contributed by atoms with van der Waals surface area (Å²) in [7, 11) is 0. The molecule has 1 atom stereocenters. The Morgan fingerprint density at radius 2 is 1.90 bits per heavy atom. The minimum absolute atomic E-state index is 0.0714. The van der Waals surface area contributed by atoms with Gasteiger partial charge in [0.1, 0.15) is 11.2 Å². The van der Waals surface area contributed by atoms with Crippen molar-refractivity contribution in [2.24, 2.45) is 0 Å². The van der Waals surface area contributed by atoms with Gasteiger partial charge in [0.15, 0.2) is 5.69 Å². The number of nitrogens with one attached hydrogen (secondary N) is 1. The lowest BCUT2D eigenvalue weighted by atomic mass is 9.93. The second-order valence-corrected chi connectivity index (χ2v) is 8.64. The number of nitrogens with zero attached hydrogens (tertiary/aromatic N) is 3. The van der Waals surface area contributed by atoms with Crippen molar-refractivity contribution >= 4 is 17.8 Å². The fourth-order valence-electron chi connectivity index (χ4n) is 4.58. The van der Waals surface area contributed by atoms with E-state index in [2.05, 4.69) is 10.4 Å². The van der Waals surface area contributed by atoms with Crippen LogP contribution in [-0.4, -0.2) is 56.7 Å². The molecule has 0 spiro atoms. The summed E-state index contributed by atoms with van der Waals surface area (Å²) in [5.74, 6) is -0.909. The monoisotopic (exact) mass is 402 g/mol. The Hall–Kier alpha value is -2.38.